The van der Waals surface area contributed by atoms with E-state index < -0.39 is 0 Å². The van der Waals surface area contributed by atoms with E-state index in [1.54, 1.807) is 29.4 Å². The van der Waals surface area contributed by atoms with Crippen molar-refractivity contribution in [1.29, 1.82) is 0 Å². The molecule has 1 aliphatic rings. The van der Waals surface area contributed by atoms with Crippen LogP contribution in [0.5, 0.6) is 0 Å². The van der Waals surface area contributed by atoms with Gasteiger partial charge in [-0.25, -0.2) is 9.78 Å². The summed E-state index contributed by atoms with van der Waals surface area (Å²) in [7, 11) is 0. The molecule has 4 heterocycles. The number of halogens is 1. The zero-order chi connectivity index (χ0) is 16.3. The average molecular weight is 432 g/mol. The molecule has 0 aromatic carbocycles. The predicted octanol–water partition coefficient (Wildman–Crippen LogP) is 2.23. The summed E-state index contributed by atoms with van der Waals surface area (Å²) in [5.41, 5.74) is 3.49. The fourth-order valence-corrected chi connectivity index (χ4v) is 3.84. The fourth-order valence-electron chi connectivity index (χ4n) is 3.14. The number of imidazole rings is 2. The van der Waals surface area contributed by atoms with Crippen molar-refractivity contribution in [3.63, 3.8) is 0 Å². The van der Waals surface area contributed by atoms with Gasteiger partial charge in [0.1, 0.15) is 3.70 Å². The van der Waals surface area contributed by atoms with E-state index in [9.17, 15) is 4.79 Å². The fraction of sp³-hybridized carbons (Fsp3) is 0.250. The highest BCUT2D eigenvalue weighted by molar-refractivity contribution is 14.1. The Morgan fingerprint density at radius 3 is 2.79 bits per heavy atom. The van der Waals surface area contributed by atoms with Gasteiger partial charge < -0.3 is 0 Å². The van der Waals surface area contributed by atoms with Crippen molar-refractivity contribution >= 4 is 39.3 Å². The summed E-state index contributed by atoms with van der Waals surface area (Å²) in [5, 5.41) is 0. The number of hydrogen-bond donors (Lipinski definition) is 0. The van der Waals surface area contributed by atoms with Crippen LogP contribution in [0.1, 0.15) is 24.6 Å². The molecule has 8 heteroatoms. The van der Waals surface area contributed by atoms with Gasteiger partial charge in [0.2, 0.25) is 0 Å². The molecule has 120 valence electrons. The molecule has 5 rings (SSSR count). The van der Waals surface area contributed by atoms with Crippen LogP contribution in [-0.4, -0.2) is 28.5 Å². The highest BCUT2D eigenvalue weighted by Gasteiger charge is 2.29. The van der Waals surface area contributed by atoms with Gasteiger partial charge in [-0.15, -0.1) is 0 Å². The van der Waals surface area contributed by atoms with Crippen LogP contribution in [0.15, 0.2) is 41.8 Å². The Bertz CT molecular complexity index is 1140. The number of nitrogens with zero attached hydrogens (tertiary/aromatic N) is 6. The highest BCUT2D eigenvalue weighted by Crippen LogP contribution is 2.36. The van der Waals surface area contributed by atoms with Crippen molar-refractivity contribution in [3.05, 3.63) is 56.9 Å². The van der Waals surface area contributed by atoms with E-state index in [0.717, 1.165) is 38.9 Å². The molecular formula is C16H13IN6O. The first kappa shape index (κ1) is 14.1. The maximum absolute atomic E-state index is 12.9. The molecule has 0 bridgehead atoms. The second-order valence-electron chi connectivity index (χ2n) is 5.99. The molecule has 4 aromatic rings. The molecular weight excluding hydrogens is 419 g/mol. The number of rotatable bonds is 3. The summed E-state index contributed by atoms with van der Waals surface area (Å²) in [5.74, 6) is 0. The Kier molecular flexibility index (Phi) is 3.02. The summed E-state index contributed by atoms with van der Waals surface area (Å²) < 4.78 is 6.65. The van der Waals surface area contributed by atoms with Crippen LogP contribution in [0.25, 0.3) is 16.7 Å². The zero-order valence-corrected chi connectivity index (χ0v) is 14.8. The second kappa shape index (κ2) is 5.13. The number of fused-ring (bicyclic) bond motifs is 2. The first-order valence-corrected chi connectivity index (χ1v) is 8.83. The van der Waals surface area contributed by atoms with Crippen molar-refractivity contribution in [1.82, 2.24) is 28.5 Å². The lowest BCUT2D eigenvalue weighted by Gasteiger charge is -2.01. The van der Waals surface area contributed by atoms with Crippen LogP contribution in [0, 0.1) is 3.70 Å². The SMILES string of the molecule is O=c1n(Cc2nc3cnccn3c2I)c2cnccc2n1C1CC1. The Morgan fingerprint density at radius 2 is 2.00 bits per heavy atom. The standard InChI is InChI=1S/C16H13IN6O/c17-15-11(20-14-8-19-5-6-21(14)15)9-22-13-7-18-4-3-12(13)23(16(22)24)10-1-2-10/h3-8,10H,1-2,9H2. The lowest BCUT2D eigenvalue weighted by Crippen LogP contribution is -2.24. The number of hydrogen-bond acceptors (Lipinski definition) is 4. The minimum Gasteiger partial charge on any atom is -0.292 e. The normalized spacial score (nSPS) is 14.7. The first-order chi connectivity index (χ1) is 11.7. The summed E-state index contributed by atoms with van der Waals surface area (Å²) >= 11 is 2.26. The van der Waals surface area contributed by atoms with E-state index in [4.69, 9.17) is 0 Å². The number of aromatic nitrogens is 6. The predicted molar refractivity (Wildman–Crippen MR) is 97.1 cm³/mol. The average Bonchev–Trinajstić information content (AvgIpc) is 3.33. The van der Waals surface area contributed by atoms with Crippen LogP contribution in [-0.2, 0) is 6.54 Å². The van der Waals surface area contributed by atoms with E-state index in [2.05, 4.69) is 37.5 Å². The molecule has 0 atom stereocenters. The monoisotopic (exact) mass is 432 g/mol. The molecule has 1 saturated carbocycles. The first-order valence-electron chi connectivity index (χ1n) is 7.75. The van der Waals surface area contributed by atoms with Crippen molar-refractivity contribution in [2.75, 3.05) is 0 Å². The third kappa shape index (κ3) is 2.02. The van der Waals surface area contributed by atoms with Crippen molar-refractivity contribution in [2.45, 2.75) is 25.4 Å². The van der Waals surface area contributed by atoms with Gasteiger partial charge >= 0.3 is 5.69 Å². The van der Waals surface area contributed by atoms with E-state index >= 15 is 0 Å². The maximum Gasteiger partial charge on any atom is 0.329 e. The third-order valence-electron chi connectivity index (χ3n) is 4.42. The van der Waals surface area contributed by atoms with E-state index in [-0.39, 0.29) is 5.69 Å². The maximum atomic E-state index is 12.9. The van der Waals surface area contributed by atoms with E-state index in [0.29, 0.717) is 12.6 Å². The van der Waals surface area contributed by atoms with Crippen LogP contribution < -0.4 is 5.69 Å². The summed E-state index contributed by atoms with van der Waals surface area (Å²) in [6.07, 6.45) is 11.0. The van der Waals surface area contributed by atoms with Gasteiger partial charge in [-0.3, -0.25) is 23.5 Å². The molecule has 0 amide bonds. The van der Waals surface area contributed by atoms with Gasteiger partial charge in [0.15, 0.2) is 5.65 Å². The molecule has 4 aromatic heterocycles. The van der Waals surface area contributed by atoms with Crippen LogP contribution >= 0.6 is 22.6 Å². The van der Waals surface area contributed by atoms with Gasteiger partial charge in [-0.1, -0.05) is 0 Å². The van der Waals surface area contributed by atoms with Crippen molar-refractivity contribution < 1.29 is 0 Å². The summed E-state index contributed by atoms with van der Waals surface area (Å²) in [6.45, 7) is 0.431. The molecule has 0 N–H and O–H groups in total. The Hall–Kier alpha value is -2.23. The Labute approximate surface area is 150 Å². The van der Waals surface area contributed by atoms with Gasteiger partial charge in [0.05, 0.1) is 35.7 Å². The van der Waals surface area contributed by atoms with Gasteiger partial charge in [-0.05, 0) is 41.5 Å². The largest absolute Gasteiger partial charge is 0.329 e. The summed E-state index contributed by atoms with van der Waals surface area (Å²) in [6, 6.07) is 2.25. The molecule has 0 unspecified atom stereocenters. The quantitative estimate of drug-likeness (QED) is 0.466. The minimum atomic E-state index is 0.0199. The Balaban J connectivity index is 1.70. The summed E-state index contributed by atoms with van der Waals surface area (Å²) in [4.78, 5) is 25.9. The molecule has 0 spiro atoms. The molecule has 7 nitrogen and oxygen atoms in total. The van der Waals surface area contributed by atoms with Gasteiger partial charge in [0, 0.05) is 24.6 Å². The molecule has 0 radical (unpaired) electrons. The smallest absolute Gasteiger partial charge is 0.292 e. The zero-order valence-electron chi connectivity index (χ0n) is 12.6. The van der Waals surface area contributed by atoms with Crippen molar-refractivity contribution in [3.8, 4) is 0 Å². The van der Waals surface area contributed by atoms with Crippen molar-refractivity contribution in [2.24, 2.45) is 0 Å². The van der Waals surface area contributed by atoms with Gasteiger partial charge in [-0.2, -0.15) is 0 Å². The molecule has 0 saturated heterocycles. The van der Waals surface area contributed by atoms with E-state index in [1.807, 2.05) is 21.2 Å². The van der Waals surface area contributed by atoms with E-state index in [1.165, 1.54) is 0 Å². The second-order valence-corrected chi connectivity index (χ2v) is 7.01. The Morgan fingerprint density at radius 1 is 1.17 bits per heavy atom. The van der Waals surface area contributed by atoms with Gasteiger partial charge in [0.25, 0.3) is 0 Å². The molecule has 1 fully saturated rings. The van der Waals surface area contributed by atoms with Crippen LogP contribution in [0.2, 0.25) is 0 Å². The van der Waals surface area contributed by atoms with Crippen LogP contribution in [0.4, 0.5) is 0 Å². The topological polar surface area (TPSA) is 70.0 Å². The molecule has 1 aliphatic carbocycles. The van der Waals surface area contributed by atoms with Crippen LogP contribution in [0.3, 0.4) is 0 Å². The third-order valence-corrected chi connectivity index (χ3v) is 5.57. The number of pyridine rings is 1. The minimum absolute atomic E-state index is 0.0199. The lowest BCUT2D eigenvalue weighted by atomic mass is 10.4. The lowest BCUT2D eigenvalue weighted by molar-refractivity contribution is 0.666. The molecule has 24 heavy (non-hydrogen) atoms. The molecule has 0 aliphatic heterocycles. The highest BCUT2D eigenvalue weighted by atomic mass is 127.